The fraction of sp³-hybridized carbons (Fsp3) is 0.556. The molecule has 0 radical (unpaired) electrons. The number of halogens is 1. The van der Waals surface area contributed by atoms with Gasteiger partial charge in [0.15, 0.2) is 0 Å². The van der Waals surface area contributed by atoms with Crippen molar-refractivity contribution in [3.05, 3.63) is 16.9 Å². The summed E-state index contributed by atoms with van der Waals surface area (Å²) in [5.74, 6) is 0. The van der Waals surface area contributed by atoms with E-state index in [-0.39, 0.29) is 0 Å². The smallest absolute Gasteiger partial charge is 0.318 e. The quantitative estimate of drug-likeness (QED) is 0.685. The Morgan fingerprint density at radius 2 is 2.23 bits per heavy atom. The van der Waals surface area contributed by atoms with Gasteiger partial charge in [0.1, 0.15) is 11.3 Å². The van der Waals surface area contributed by atoms with Crippen LogP contribution in [0.1, 0.15) is 25.0 Å². The van der Waals surface area contributed by atoms with E-state index in [1.54, 1.807) is 6.07 Å². The number of hydrogen-bond acceptors (Lipinski definition) is 3. The highest BCUT2D eigenvalue weighted by Gasteiger charge is 2.20. The lowest BCUT2D eigenvalue weighted by atomic mass is 9.96. The van der Waals surface area contributed by atoms with Gasteiger partial charge in [0, 0.05) is 5.69 Å². The molecular formula is C9H11ClN2O. The minimum atomic E-state index is 0.304. The third-order valence-corrected chi connectivity index (χ3v) is 2.32. The minimum Gasteiger partial charge on any atom is -0.460 e. The van der Waals surface area contributed by atoms with Gasteiger partial charge in [0.05, 0.1) is 0 Å². The molecule has 0 amide bonds. The SMILES string of the molecule is Cc1cc(Cl)nc(OC2CCC2)n1. The Kier molecular flexibility index (Phi) is 2.36. The second-order valence-electron chi connectivity index (χ2n) is 3.29. The Morgan fingerprint density at radius 1 is 1.46 bits per heavy atom. The van der Waals surface area contributed by atoms with Crippen LogP contribution in [0.2, 0.25) is 5.15 Å². The molecule has 0 atom stereocenters. The second-order valence-corrected chi connectivity index (χ2v) is 3.67. The third kappa shape index (κ3) is 2.10. The molecule has 1 aromatic rings. The predicted octanol–water partition coefficient (Wildman–Crippen LogP) is 2.37. The molecule has 0 aliphatic heterocycles. The zero-order valence-corrected chi connectivity index (χ0v) is 8.21. The van der Waals surface area contributed by atoms with Crippen molar-refractivity contribution in [2.75, 3.05) is 0 Å². The summed E-state index contributed by atoms with van der Waals surface area (Å²) in [5.41, 5.74) is 0.842. The molecule has 0 N–H and O–H groups in total. The molecule has 3 nitrogen and oxygen atoms in total. The predicted molar refractivity (Wildman–Crippen MR) is 50.0 cm³/mol. The van der Waals surface area contributed by atoms with Gasteiger partial charge in [-0.25, -0.2) is 4.98 Å². The van der Waals surface area contributed by atoms with E-state index < -0.39 is 0 Å². The summed E-state index contributed by atoms with van der Waals surface area (Å²) in [5, 5.41) is 0.446. The van der Waals surface area contributed by atoms with Crippen LogP contribution in [0.3, 0.4) is 0 Å². The van der Waals surface area contributed by atoms with Crippen molar-refractivity contribution < 1.29 is 4.74 Å². The zero-order chi connectivity index (χ0) is 9.26. The van der Waals surface area contributed by atoms with Gasteiger partial charge in [0.25, 0.3) is 0 Å². The summed E-state index contributed by atoms with van der Waals surface area (Å²) >= 11 is 5.76. The fourth-order valence-electron chi connectivity index (χ4n) is 1.19. The monoisotopic (exact) mass is 198 g/mol. The van der Waals surface area contributed by atoms with Crippen LogP contribution in [0.5, 0.6) is 6.01 Å². The number of hydrogen-bond donors (Lipinski definition) is 0. The highest BCUT2D eigenvalue weighted by molar-refractivity contribution is 6.29. The lowest BCUT2D eigenvalue weighted by Crippen LogP contribution is -2.25. The van der Waals surface area contributed by atoms with Crippen LogP contribution in [-0.4, -0.2) is 16.1 Å². The van der Waals surface area contributed by atoms with Gasteiger partial charge in [-0.15, -0.1) is 0 Å². The Balaban J connectivity index is 2.10. The van der Waals surface area contributed by atoms with Crippen molar-refractivity contribution in [1.82, 2.24) is 9.97 Å². The summed E-state index contributed by atoms with van der Waals surface area (Å²) in [6.07, 6.45) is 3.76. The molecule has 1 aliphatic carbocycles. The molecule has 0 unspecified atom stereocenters. The zero-order valence-electron chi connectivity index (χ0n) is 7.46. The summed E-state index contributed by atoms with van der Waals surface area (Å²) < 4.78 is 5.51. The first-order valence-electron chi connectivity index (χ1n) is 4.42. The minimum absolute atomic E-state index is 0.304. The van der Waals surface area contributed by atoms with Crippen LogP contribution in [0.25, 0.3) is 0 Å². The van der Waals surface area contributed by atoms with E-state index in [0.29, 0.717) is 17.3 Å². The van der Waals surface area contributed by atoms with Crippen molar-refractivity contribution in [2.45, 2.75) is 32.3 Å². The summed E-state index contributed by atoms with van der Waals surface area (Å²) in [7, 11) is 0. The molecule has 1 heterocycles. The summed E-state index contributed by atoms with van der Waals surface area (Å²) in [6.45, 7) is 1.88. The molecule has 1 fully saturated rings. The fourth-order valence-corrected chi connectivity index (χ4v) is 1.42. The molecule has 13 heavy (non-hydrogen) atoms. The summed E-state index contributed by atoms with van der Waals surface area (Å²) in [6, 6.07) is 2.13. The molecule has 0 aromatic carbocycles. The van der Waals surface area contributed by atoms with Gasteiger partial charge in [-0.3, -0.25) is 0 Å². The molecule has 1 saturated carbocycles. The Labute approximate surface area is 82.1 Å². The van der Waals surface area contributed by atoms with Crippen molar-refractivity contribution >= 4 is 11.6 Å². The lowest BCUT2D eigenvalue weighted by Gasteiger charge is -2.25. The standard InChI is InChI=1S/C9H11ClN2O/c1-6-5-8(10)12-9(11-6)13-7-3-2-4-7/h5,7H,2-4H2,1H3. The van der Waals surface area contributed by atoms with Gasteiger partial charge in [-0.05, 0) is 32.3 Å². The molecule has 1 aromatic heterocycles. The van der Waals surface area contributed by atoms with E-state index in [0.717, 1.165) is 18.5 Å². The maximum atomic E-state index is 5.76. The topological polar surface area (TPSA) is 35.0 Å². The van der Waals surface area contributed by atoms with Gasteiger partial charge < -0.3 is 4.74 Å². The van der Waals surface area contributed by atoms with Crippen molar-refractivity contribution in [2.24, 2.45) is 0 Å². The first-order chi connectivity index (χ1) is 6.24. The maximum absolute atomic E-state index is 5.76. The second kappa shape index (κ2) is 3.50. The van der Waals surface area contributed by atoms with Crippen LogP contribution in [0, 0.1) is 6.92 Å². The van der Waals surface area contributed by atoms with Crippen molar-refractivity contribution in [3.8, 4) is 6.01 Å². The van der Waals surface area contributed by atoms with E-state index >= 15 is 0 Å². The molecule has 1 aliphatic rings. The largest absolute Gasteiger partial charge is 0.460 e. The molecule has 0 saturated heterocycles. The molecule has 70 valence electrons. The van der Waals surface area contributed by atoms with Gasteiger partial charge in [-0.2, -0.15) is 4.98 Å². The van der Waals surface area contributed by atoms with Crippen LogP contribution in [-0.2, 0) is 0 Å². The van der Waals surface area contributed by atoms with Crippen molar-refractivity contribution in [3.63, 3.8) is 0 Å². The first-order valence-corrected chi connectivity index (χ1v) is 4.80. The lowest BCUT2D eigenvalue weighted by molar-refractivity contribution is 0.108. The van der Waals surface area contributed by atoms with E-state index in [1.807, 2.05) is 6.92 Å². The number of aryl methyl sites for hydroxylation is 1. The van der Waals surface area contributed by atoms with E-state index in [9.17, 15) is 0 Å². The van der Waals surface area contributed by atoms with Crippen LogP contribution in [0.15, 0.2) is 6.07 Å². The van der Waals surface area contributed by atoms with E-state index in [2.05, 4.69) is 9.97 Å². The Morgan fingerprint density at radius 3 is 2.77 bits per heavy atom. The maximum Gasteiger partial charge on any atom is 0.318 e. The highest BCUT2D eigenvalue weighted by Crippen LogP contribution is 2.23. The Hall–Kier alpha value is -0.830. The van der Waals surface area contributed by atoms with Crippen LogP contribution >= 0.6 is 11.6 Å². The average molecular weight is 199 g/mol. The highest BCUT2D eigenvalue weighted by atomic mass is 35.5. The third-order valence-electron chi connectivity index (χ3n) is 2.13. The Bertz CT molecular complexity index is 292. The van der Waals surface area contributed by atoms with Crippen LogP contribution in [0.4, 0.5) is 0 Å². The molecule has 0 bridgehead atoms. The molecule has 4 heteroatoms. The number of rotatable bonds is 2. The average Bonchev–Trinajstić information content (AvgIpc) is 1.95. The van der Waals surface area contributed by atoms with E-state index in [4.69, 9.17) is 16.3 Å². The van der Waals surface area contributed by atoms with Gasteiger partial charge in [-0.1, -0.05) is 11.6 Å². The summed E-state index contributed by atoms with van der Waals surface area (Å²) in [4.78, 5) is 8.13. The van der Waals surface area contributed by atoms with Crippen LogP contribution < -0.4 is 4.74 Å². The van der Waals surface area contributed by atoms with Gasteiger partial charge in [0.2, 0.25) is 0 Å². The number of nitrogens with zero attached hydrogens (tertiary/aromatic N) is 2. The molecule has 2 rings (SSSR count). The van der Waals surface area contributed by atoms with Crippen molar-refractivity contribution in [1.29, 1.82) is 0 Å². The van der Waals surface area contributed by atoms with E-state index in [1.165, 1.54) is 6.42 Å². The number of aromatic nitrogens is 2. The number of ether oxygens (including phenoxy) is 1. The normalized spacial score (nSPS) is 16.8. The molecular weight excluding hydrogens is 188 g/mol. The molecule has 0 spiro atoms. The first kappa shape index (κ1) is 8.75. The van der Waals surface area contributed by atoms with Gasteiger partial charge >= 0.3 is 6.01 Å².